The first-order valence-corrected chi connectivity index (χ1v) is 7.65. The van der Waals surface area contributed by atoms with Crippen molar-refractivity contribution in [1.29, 1.82) is 0 Å². The van der Waals surface area contributed by atoms with E-state index in [0.717, 1.165) is 19.6 Å². The molecule has 1 aliphatic rings. The molecule has 0 aromatic heterocycles. The molecule has 0 spiro atoms. The van der Waals surface area contributed by atoms with E-state index in [2.05, 4.69) is 37.9 Å². The highest BCUT2D eigenvalue weighted by Crippen LogP contribution is 2.37. The van der Waals surface area contributed by atoms with E-state index in [9.17, 15) is 5.11 Å². The highest BCUT2D eigenvalue weighted by molar-refractivity contribution is 4.84. The predicted molar refractivity (Wildman–Crippen MR) is 77.8 cm³/mol. The van der Waals surface area contributed by atoms with E-state index in [4.69, 9.17) is 0 Å². The molecule has 0 amide bonds. The fourth-order valence-corrected chi connectivity index (χ4v) is 2.90. The number of β-amino-alcohol motifs (C(OH)–C–C–N with tert-alkyl or cyclic N) is 1. The summed E-state index contributed by atoms with van der Waals surface area (Å²) in [6.07, 6.45) is 4.96. The van der Waals surface area contributed by atoms with E-state index in [1.165, 1.54) is 25.7 Å². The van der Waals surface area contributed by atoms with Gasteiger partial charge in [0.05, 0.1) is 6.10 Å². The highest BCUT2D eigenvalue weighted by atomic mass is 16.3. The molecular weight excluding hydrogens is 224 g/mol. The number of hydrogen-bond donors (Lipinski definition) is 2. The Bertz CT molecular complexity index is 217. The summed E-state index contributed by atoms with van der Waals surface area (Å²) < 4.78 is 0. The third kappa shape index (κ3) is 4.87. The molecule has 1 fully saturated rings. The first kappa shape index (κ1) is 15.9. The van der Waals surface area contributed by atoms with Gasteiger partial charge in [0.1, 0.15) is 0 Å². The van der Waals surface area contributed by atoms with Crippen molar-refractivity contribution in [3.05, 3.63) is 0 Å². The Labute approximate surface area is 113 Å². The van der Waals surface area contributed by atoms with Crippen molar-refractivity contribution in [2.75, 3.05) is 26.2 Å². The average Bonchev–Trinajstić information content (AvgIpc) is 2.38. The number of rotatable bonds is 7. The van der Waals surface area contributed by atoms with Crippen molar-refractivity contribution < 1.29 is 5.11 Å². The largest absolute Gasteiger partial charge is 0.390 e. The Balaban J connectivity index is 2.26. The minimum atomic E-state index is -0.233. The Morgan fingerprint density at radius 3 is 2.17 bits per heavy atom. The van der Waals surface area contributed by atoms with Gasteiger partial charge < -0.3 is 15.3 Å². The van der Waals surface area contributed by atoms with Crippen LogP contribution in [0.1, 0.15) is 53.4 Å². The number of piperidine rings is 1. The summed E-state index contributed by atoms with van der Waals surface area (Å²) in [5.74, 6) is 0. The lowest BCUT2D eigenvalue weighted by atomic mass is 9.74. The Morgan fingerprint density at radius 1 is 1.17 bits per heavy atom. The number of aliphatic hydroxyl groups excluding tert-OH is 1. The van der Waals surface area contributed by atoms with Crippen LogP contribution >= 0.6 is 0 Å². The molecule has 108 valence electrons. The van der Waals surface area contributed by atoms with Gasteiger partial charge in [-0.15, -0.1) is 0 Å². The van der Waals surface area contributed by atoms with Crippen LogP contribution in [-0.2, 0) is 0 Å². The fourth-order valence-electron chi connectivity index (χ4n) is 2.90. The van der Waals surface area contributed by atoms with Gasteiger partial charge >= 0.3 is 0 Å². The van der Waals surface area contributed by atoms with Crippen molar-refractivity contribution in [3.63, 3.8) is 0 Å². The summed E-state index contributed by atoms with van der Waals surface area (Å²) in [7, 11) is 0. The topological polar surface area (TPSA) is 35.5 Å². The molecule has 0 radical (unpaired) electrons. The summed E-state index contributed by atoms with van der Waals surface area (Å²) >= 11 is 0. The Hall–Kier alpha value is -0.120. The monoisotopic (exact) mass is 256 g/mol. The number of hydrogen-bond acceptors (Lipinski definition) is 3. The standard InChI is InChI=1S/C15H32N2O/c1-5-15(6-2)7-9-17(10-8-15)12-14(18)11-16-13(3)4/h13-14,16,18H,5-12H2,1-4H3. The zero-order valence-electron chi connectivity index (χ0n) is 12.7. The SMILES string of the molecule is CCC1(CC)CCN(CC(O)CNC(C)C)CC1. The first-order chi connectivity index (χ1) is 8.51. The molecule has 0 bridgehead atoms. The smallest absolute Gasteiger partial charge is 0.0791 e. The number of aliphatic hydroxyl groups is 1. The molecule has 1 atom stereocenters. The minimum absolute atomic E-state index is 0.233. The average molecular weight is 256 g/mol. The normalized spacial score (nSPS) is 22.3. The minimum Gasteiger partial charge on any atom is -0.390 e. The molecule has 2 N–H and O–H groups in total. The van der Waals surface area contributed by atoms with Crippen LogP contribution in [0, 0.1) is 5.41 Å². The van der Waals surface area contributed by atoms with Crippen molar-refractivity contribution in [2.45, 2.75) is 65.5 Å². The zero-order valence-corrected chi connectivity index (χ0v) is 12.7. The van der Waals surface area contributed by atoms with Crippen LogP contribution in [0.25, 0.3) is 0 Å². The molecule has 18 heavy (non-hydrogen) atoms. The third-order valence-electron chi connectivity index (χ3n) is 4.65. The summed E-state index contributed by atoms with van der Waals surface area (Å²) in [4.78, 5) is 2.43. The van der Waals surface area contributed by atoms with Gasteiger partial charge in [-0.3, -0.25) is 0 Å². The maximum Gasteiger partial charge on any atom is 0.0791 e. The van der Waals surface area contributed by atoms with Crippen LogP contribution in [0.4, 0.5) is 0 Å². The Kier molecular flexibility index (Phi) is 6.61. The molecule has 1 unspecified atom stereocenters. The van der Waals surface area contributed by atoms with Gasteiger partial charge in [-0.1, -0.05) is 40.5 Å². The van der Waals surface area contributed by atoms with Crippen LogP contribution in [0.15, 0.2) is 0 Å². The lowest BCUT2D eigenvalue weighted by molar-refractivity contribution is 0.0529. The second-order valence-corrected chi connectivity index (χ2v) is 6.22. The van der Waals surface area contributed by atoms with E-state index in [-0.39, 0.29) is 6.10 Å². The fraction of sp³-hybridized carbons (Fsp3) is 1.00. The van der Waals surface area contributed by atoms with E-state index in [0.29, 0.717) is 18.0 Å². The van der Waals surface area contributed by atoms with Crippen LogP contribution in [0.3, 0.4) is 0 Å². The van der Waals surface area contributed by atoms with Crippen LogP contribution in [-0.4, -0.2) is 48.3 Å². The van der Waals surface area contributed by atoms with Gasteiger partial charge in [0.15, 0.2) is 0 Å². The molecule has 1 aliphatic heterocycles. The highest BCUT2D eigenvalue weighted by Gasteiger charge is 2.31. The molecule has 0 saturated carbocycles. The summed E-state index contributed by atoms with van der Waals surface area (Å²) in [6.45, 7) is 12.7. The predicted octanol–water partition coefficient (Wildman–Crippen LogP) is 2.25. The quantitative estimate of drug-likeness (QED) is 0.733. The maximum atomic E-state index is 9.99. The molecule has 1 rings (SSSR count). The molecule has 0 aromatic rings. The maximum absolute atomic E-state index is 9.99. The second-order valence-electron chi connectivity index (χ2n) is 6.22. The molecule has 1 heterocycles. The number of nitrogens with one attached hydrogen (secondary N) is 1. The van der Waals surface area contributed by atoms with Crippen molar-refractivity contribution in [2.24, 2.45) is 5.41 Å². The van der Waals surface area contributed by atoms with E-state index in [1.807, 2.05) is 0 Å². The third-order valence-corrected chi connectivity index (χ3v) is 4.65. The van der Waals surface area contributed by atoms with Gasteiger partial charge in [-0.2, -0.15) is 0 Å². The summed E-state index contributed by atoms with van der Waals surface area (Å²) in [5.41, 5.74) is 0.581. The van der Waals surface area contributed by atoms with Gasteiger partial charge in [0.2, 0.25) is 0 Å². The molecule has 0 aromatic carbocycles. The lowest BCUT2D eigenvalue weighted by Crippen LogP contribution is -2.45. The van der Waals surface area contributed by atoms with E-state index in [1.54, 1.807) is 0 Å². The molecule has 0 aliphatic carbocycles. The van der Waals surface area contributed by atoms with Gasteiger partial charge in [-0.05, 0) is 31.3 Å². The first-order valence-electron chi connectivity index (χ1n) is 7.65. The summed E-state index contributed by atoms with van der Waals surface area (Å²) in [6, 6.07) is 0.453. The van der Waals surface area contributed by atoms with Crippen molar-refractivity contribution in [3.8, 4) is 0 Å². The number of likely N-dealkylation sites (tertiary alicyclic amines) is 1. The van der Waals surface area contributed by atoms with Gasteiger partial charge in [0.25, 0.3) is 0 Å². The van der Waals surface area contributed by atoms with Crippen molar-refractivity contribution in [1.82, 2.24) is 10.2 Å². The summed E-state index contributed by atoms with van der Waals surface area (Å²) in [5, 5.41) is 13.3. The lowest BCUT2D eigenvalue weighted by Gasteiger charge is -2.41. The Morgan fingerprint density at radius 2 is 1.72 bits per heavy atom. The van der Waals surface area contributed by atoms with Crippen LogP contribution in [0.2, 0.25) is 0 Å². The number of nitrogens with zero attached hydrogens (tertiary/aromatic N) is 1. The van der Waals surface area contributed by atoms with Crippen LogP contribution < -0.4 is 5.32 Å². The van der Waals surface area contributed by atoms with Crippen molar-refractivity contribution >= 4 is 0 Å². The van der Waals surface area contributed by atoms with E-state index < -0.39 is 0 Å². The molecule has 3 nitrogen and oxygen atoms in total. The molecule has 1 saturated heterocycles. The molecule has 3 heteroatoms. The zero-order chi connectivity index (χ0) is 13.6. The van der Waals surface area contributed by atoms with Crippen LogP contribution in [0.5, 0.6) is 0 Å². The molecular formula is C15H32N2O. The van der Waals surface area contributed by atoms with Gasteiger partial charge in [-0.25, -0.2) is 0 Å². The second kappa shape index (κ2) is 7.46. The van der Waals surface area contributed by atoms with E-state index >= 15 is 0 Å². The van der Waals surface area contributed by atoms with Gasteiger partial charge in [0, 0.05) is 19.1 Å².